The van der Waals surface area contributed by atoms with E-state index in [2.05, 4.69) is 68.3 Å². The first kappa shape index (κ1) is 22.3. The predicted molar refractivity (Wildman–Crippen MR) is 134 cm³/mol. The fraction of sp³-hybridized carbons (Fsp3) is 0.259. The molecule has 4 aromatic rings. The zero-order valence-corrected chi connectivity index (χ0v) is 19.9. The van der Waals surface area contributed by atoms with Gasteiger partial charge in [0, 0.05) is 29.5 Å². The van der Waals surface area contributed by atoms with Crippen molar-refractivity contribution >= 4 is 32.9 Å². The van der Waals surface area contributed by atoms with Crippen molar-refractivity contribution in [2.45, 2.75) is 39.2 Å². The molecule has 0 bridgehead atoms. The number of imidazole rings is 1. The van der Waals surface area contributed by atoms with Crippen LogP contribution in [-0.4, -0.2) is 22.0 Å². The molecule has 164 valence electrons. The lowest BCUT2D eigenvalue weighted by Crippen LogP contribution is -2.24. The average Bonchev–Trinajstić information content (AvgIpc) is 3.15. The lowest BCUT2D eigenvalue weighted by Gasteiger charge is -2.10. The number of aryl methyl sites for hydroxylation is 2. The normalized spacial score (nSPS) is 11.1. The zero-order chi connectivity index (χ0) is 22.3. The molecule has 4 rings (SSSR count). The highest BCUT2D eigenvalue weighted by Crippen LogP contribution is 2.20. The third-order valence-electron chi connectivity index (χ3n) is 5.66. The SMILES string of the molecule is Cc1ccc(C(=O)NCCCCCc2nc3ccccc3n2Cc2ccc(Br)cc2)cc1. The number of nitrogens with one attached hydrogen (secondary N) is 1. The lowest BCUT2D eigenvalue weighted by molar-refractivity contribution is 0.0953. The number of unbranched alkanes of at least 4 members (excludes halogenated alkanes) is 2. The average molecular weight is 490 g/mol. The van der Waals surface area contributed by atoms with Crippen LogP contribution in [0, 0.1) is 6.92 Å². The molecule has 0 atom stereocenters. The molecule has 0 unspecified atom stereocenters. The van der Waals surface area contributed by atoms with Crippen molar-refractivity contribution < 1.29 is 4.79 Å². The van der Waals surface area contributed by atoms with E-state index in [9.17, 15) is 4.79 Å². The van der Waals surface area contributed by atoms with E-state index in [1.54, 1.807) is 0 Å². The zero-order valence-electron chi connectivity index (χ0n) is 18.4. The van der Waals surface area contributed by atoms with Gasteiger partial charge in [-0.15, -0.1) is 0 Å². The summed E-state index contributed by atoms with van der Waals surface area (Å²) in [6.07, 6.45) is 3.99. The Kier molecular flexibility index (Phi) is 7.38. The Balaban J connectivity index is 1.31. The quantitative estimate of drug-likeness (QED) is 0.280. The summed E-state index contributed by atoms with van der Waals surface area (Å²) in [5.41, 5.74) is 5.36. The van der Waals surface area contributed by atoms with Gasteiger partial charge in [-0.2, -0.15) is 0 Å². The van der Waals surface area contributed by atoms with E-state index in [0.717, 1.165) is 59.2 Å². The fourth-order valence-electron chi connectivity index (χ4n) is 3.86. The Hall–Kier alpha value is -2.92. The number of fused-ring (bicyclic) bond motifs is 1. The second kappa shape index (κ2) is 10.6. The van der Waals surface area contributed by atoms with Crippen LogP contribution in [0.5, 0.6) is 0 Å². The van der Waals surface area contributed by atoms with E-state index < -0.39 is 0 Å². The highest BCUT2D eigenvalue weighted by Gasteiger charge is 2.11. The molecule has 32 heavy (non-hydrogen) atoms. The molecule has 1 amide bonds. The third-order valence-corrected chi connectivity index (χ3v) is 6.19. The Morgan fingerprint density at radius 2 is 1.69 bits per heavy atom. The second-order valence-corrected chi connectivity index (χ2v) is 9.08. The van der Waals surface area contributed by atoms with Gasteiger partial charge in [0.1, 0.15) is 5.82 Å². The Morgan fingerprint density at radius 1 is 0.938 bits per heavy atom. The number of amides is 1. The minimum atomic E-state index is 0.00119. The van der Waals surface area contributed by atoms with Crippen LogP contribution in [0.1, 0.15) is 46.6 Å². The van der Waals surface area contributed by atoms with Gasteiger partial charge in [0.05, 0.1) is 11.0 Å². The molecular weight excluding hydrogens is 462 g/mol. The molecule has 0 aliphatic rings. The lowest BCUT2D eigenvalue weighted by atomic mass is 10.1. The van der Waals surface area contributed by atoms with Gasteiger partial charge in [0.15, 0.2) is 0 Å². The molecule has 3 aromatic carbocycles. The van der Waals surface area contributed by atoms with Crippen molar-refractivity contribution in [2.75, 3.05) is 6.54 Å². The van der Waals surface area contributed by atoms with E-state index >= 15 is 0 Å². The summed E-state index contributed by atoms with van der Waals surface area (Å²) in [5.74, 6) is 1.12. The summed E-state index contributed by atoms with van der Waals surface area (Å²) in [7, 11) is 0. The van der Waals surface area contributed by atoms with Crippen molar-refractivity contribution in [1.82, 2.24) is 14.9 Å². The number of aromatic nitrogens is 2. The molecule has 1 aromatic heterocycles. The van der Waals surface area contributed by atoms with Crippen LogP contribution in [0.4, 0.5) is 0 Å². The van der Waals surface area contributed by atoms with Crippen LogP contribution >= 0.6 is 15.9 Å². The maximum Gasteiger partial charge on any atom is 0.251 e. The van der Waals surface area contributed by atoms with Crippen LogP contribution in [0.15, 0.2) is 77.3 Å². The monoisotopic (exact) mass is 489 g/mol. The number of hydrogen-bond acceptors (Lipinski definition) is 2. The van der Waals surface area contributed by atoms with Gasteiger partial charge in [0.2, 0.25) is 0 Å². The Bertz CT molecular complexity index is 1180. The van der Waals surface area contributed by atoms with Crippen molar-refractivity contribution in [3.05, 3.63) is 99.8 Å². The number of nitrogens with zero attached hydrogens (tertiary/aromatic N) is 2. The summed E-state index contributed by atoms with van der Waals surface area (Å²) in [4.78, 5) is 17.1. The first-order valence-electron chi connectivity index (χ1n) is 11.1. The number of hydrogen-bond donors (Lipinski definition) is 1. The van der Waals surface area contributed by atoms with Gasteiger partial charge >= 0.3 is 0 Å². The van der Waals surface area contributed by atoms with Gasteiger partial charge in [-0.1, -0.05) is 64.3 Å². The van der Waals surface area contributed by atoms with Crippen LogP contribution in [-0.2, 0) is 13.0 Å². The summed E-state index contributed by atoms with van der Waals surface area (Å²) in [5, 5.41) is 3.02. The van der Waals surface area contributed by atoms with E-state index in [1.807, 2.05) is 37.3 Å². The molecule has 0 fully saturated rings. The third kappa shape index (κ3) is 5.65. The number of benzene rings is 3. The minimum absolute atomic E-state index is 0.00119. The topological polar surface area (TPSA) is 46.9 Å². The number of para-hydroxylation sites is 2. The van der Waals surface area contributed by atoms with Crippen molar-refractivity contribution in [2.24, 2.45) is 0 Å². The van der Waals surface area contributed by atoms with E-state index in [1.165, 1.54) is 11.1 Å². The van der Waals surface area contributed by atoms with Crippen molar-refractivity contribution in [1.29, 1.82) is 0 Å². The second-order valence-electron chi connectivity index (χ2n) is 8.16. The van der Waals surface area contributed by atoms with Gasteiger partial charge in [0.25, 0.3) is 5.91 Å². The van der Waals surface area contributed by atoms with E-state index in [-0.39, 0.29) is 5.91 Å². The largest absolute Gasteiger partial charge is 0.352 e. The first-order valence-corrected chi connectivity index (χ1v) is 11.9. The number of rotatable bonds is 9. The van der Waals surface area contributed by atoms with Crippen LogP contribution in [0.3, 0.4) is 0 Å². The molecule has 0 aliphatic carbocycles. The predicted octanol–water partition coefficient (Wildman–Crippen LogP) is 6.30. The summed E-state index contributed by atoms with van der Waals surface area (Å²) >= 11 is 3.51. The molecule has 0 saturated heterocycles. The summed E-state index contributed by atoms with van der Waals surface area (Å²) < 4.78 is 3.42. The maximum absolute atomic E-state index is 12.2. The van der Waals surface area contributed by atoms with Gasteiger partial charge in [-0.05, 0) is 61.7 Å². The molecule has 5 heteroatoms. The van der Waals surface area contributed by atoms with Crippen molar-refractivity contribution in [3.8, 4) is 0 Å². The molecule has 0 spiro atoms. The van der Waals surface area contributed by atoms with E-state index in [4.69, 9.17) is 4.98 Å². The molecule has 0 aliphatic heterocycles. The van der Waals surface area contributed by atoms with Crippen LogP contribution in [0.2, 0.25) is 0 Å². The summed E-state index contributed by atoms with van der Waals surface area (Å²) in [6, 6.07) is 24.5. The maximum atomic E-state index is 12.2. The number of carbonyl (C=O) groups excluding carboxylic acids is 1. The Morgan fingerprint density at radius 3 is 2.47 bits per heavy atom. The Labute approximate surface area is 197 Å². The van der Waals surface area contributed by atoms with Crippen LogP contribution in [0.25, 0.3) is 11.0 Å². The smallest absolute Gasteiger partial charge is 0.251 e. The minimum Gasteiger partial charge on any atom is -0.352 e. The van der Waals surface area contributed by atoms with E-state index in [0.29, 0.717) is 6.54 Å². The van der Waals surface area contributed by atoms with Gasteiger partial charge < -0.3 is 9.88 Å². The molecule has 4 nitrogen and oxygen atoms in total. The summed E-state index contributed by atoms with van der Waals surface area (Å²) in [6.45, 7) is 3.53. The van der Waals surface area contributed by atoms with Gasteiger partial charge in [-0.3, -0.25) is 4.79 Å². The standard InChI is InChI=1S/C27H28BrN3O/c1-20-10-14-22(15-11-20)27(32)29-18-6-2-3-9-26-30-24-7-4-5-8-25(24)31(26)19-21-12-16-23(28)17-13-21/h4-5,7-8,10-17H,2-3,6,9,18-19H2,1H3,(H,29,32). The molecular formula is C27H28BrN3O. The molecule has 0 saturated carbocycles. The van der Waals surface area contributed by atoms with Crippen LogP contribution < -0.4 is 5.32 Å². The first-order chi connectivity index (χ1) is 15.6. The molecule has 0 radical (unpaired) electrons. The number of carbonyl (C=O) groups is 1. The van der Waals surface area contributed by atoms with Crippen molar-refractivity contribution in [3.63, 3.8) is 0 Å². The van der Waals surface area contributed by atoms with Gasteiger partial charge in [-0.25, -0.2) is 4.98 Å². The molecule has 1 heterocycles. The number of halogens is 1. The highest BCUT2D eigenvalue weighted by molar-refractivity contribution is 9.10. The highest BCUT2D eigenvalue weighted by atomic mass is 79.9. The fourth-order valence-corrected chi connectivity index (χ4v) is 4.12. The molecule has 1 N–H and O–H groups in total.